The van der Waals surface area contributed by atoms with Crippen LogP contribution in [0.5, 0.6) is 5.75 Å². The number of rotatable bonds is 6. The molecule has 0 aliphatic carbocycles. The van der Waals surface area contributed by atoms with Crippen molar-refractivity contribution in [2.75, 3.05) is 13.2 Å². The third kappa shape index (κ3) is 4.25. The lowest BCUT2D eigenvalue weighted by Gasteiger charge is -2.09. The number of hydrogen-bond acceptors (Lipinski definition) is 3. The molecule has 0 bridgehead atoms. The summed E-state index contributed by atoms with van der Waals surface area (Å²) in [6, 6.07) is 9.38. The average molecular weight is 327 g/mol. The van der Waals surface area contributed by atoms with Crippen LogP contribution in [0.3, 0.4) is 0 Å². The number of nitrogens with one attached hydrogen (secondary N) is 1. The van der Waals surface area contributed by atoms with Gasteiger partial charge in [-0.1, -0.05) is 12.1 Å². The van der Waals surface area contributed by atoms with E-state index >= 15 is 0 Å². The van der Waals surface area contributed by atoms with Gasteiger partial charge >= 0.3 is 0 Å². The minimum absolute atomic E-state index is 0.0346. The Morgan fingerprint density at radius 3 is 2.59 bits per heavy atom. The molecule has 1 N–H and O–H groups in total. The van der Waals surface area contributed by atoms with Crippen LogP contribution in [0.15, 0.2) is 47.4 Å². The first-order valence-electron chi connectivity index (χ1n) is 6.53. The molecule has 22 heavy (non-hydrogen) atoms. The zero-order valence-corrected chi connectivity index (χ0v) is 12.7. The summed E-state index contributed by atoms with van der Waals surface area (Å²) in [4.78, 5) is 0.153. The van der Waals surface area contributed by atoms with Gasteiger partial charge in [0, 0.05) is 12.6 Å². The summed E-state index contributed by atoms with van der Waals surface area (Å²) in [5.41, 5.74) is 0.826. The van der Waals surface area contributed by atoms with Gasteiger partial charge in [0.05, 0.1) is 4.90 Å². The average Bonchev–Trinajstić information content (AvgIpc) is 2.45. The Morgan fingerprint density at radius 1 is 1.14 bits per heavy atom. The van der Waals surface area contributed by atoms with Gasteiger partial charge in [-0.15, -0.1) is 0 Å². The van der Waals surface area contributed by atoms with Crippen molar-refractivity contribution in [3.05, 3.63) is 59.7 Å². The monoisotopic (exact) mass is 327 g/mol. The summed E-state index contributed by atoms with van der Waals surface area (Å²) in [5, 5.41) is 0. The highest BCUT2D eigenvalue weighted by Gasteiger charge is 2.13. The van der Waals surface area contributed by atoms with Crippen LogP contribution in [0, 0.1) is 18.6 Å². The smallest absolute Gasteiger partial charge is 0.240 e. The predicted octanol–water partition coefficient (Wildman–Crippen LogP) is 2.63. The van der Waals surface area contributed by atoms with E-state index in [-0.39, 0.29) is 23.8 Å². The van der Waals surface area contributed by atoms with Gasteiger partial charge in [-0.3, -0.25) is 0 Å². The van der Waals surface area contributed by atoms with Crippen molar-refractivity contribution in [1.82, 2.24) is 4.72 Å². The maximum absolute atomic E-state index is 13.3. The molecule has 0 unspecified atom stereocenters. The van der Waals surface area contributed by atoms with Crippen LogP contribution in [-0.4, -0.2) is 21.6 Å². The fraction of sp³-hybridized carbons (Fsp3) is 0.200. The second-order valence-corrected chi connectivity index (χ2v) is 6.40. The number of ether oxygens (including phenoxy) is 1. The van der Waals surface area contributed by atoms with E-state index in [1.807, 2.05) is 0 Å². The van der Waals surface area contributed by atoms with Crippen LogP contribution in [0.25, 0.3) is 0 Å². The van der Waals surface area contributed by atoms with E-state index in [0.29, 0.717) is 6.07 Å². The van der Waals surface area contributed by atoms with Crippen LogP contribution in [0.2, 0.25) is 0 Å². The predicted molar refractivity (Wildman–Crippen MR) is 78.2 cm³/mol. The Balaban J connectivity index is 1.90. The fourth-order valence-corrected chi connectivity index (χ4v) is 2.91. The molecule has 0 saturated heterocycles. The van der Waals surface area contributed by atoms with E-state index in [9.17, 15) is 17.2 Å². The molecule has 0 aliphatic rings. The zero-order valence-electron chi connectivity index (χ0n) is 11.8. The van der Waals surface area contributed by atoms with Gasteiger partial charge in [0.25, 0.3) is 0 Å². The molecule has 0 radical (unpaired) electrons. The lowest BCUT2D eigenvalue weighted by atomic mass is 10.2. The second-order valence-electron chi connectivity index (χ2n) is 4.64. The summed E-state index contributed by atoms with van der Waals surface area (Å²) in [6.07, 6.45) is 0. The Morgan fingerprint density at radius 2 is 1.91 bits per heavy atom. The SMILES string of the molecule is Cc1cccc(S(=O)(=O)NCCOc2ccc(F)cc2F)c1. The number of aryl methyl sites for hydroxylation is 1. The van der Waals surface area contributed by atoms with Gasteiger partial charge in [0.1, 0.15) is 12.4 Å². The van der Waals surface area contributed by atoms with Crippen molar-refractivity contribution in [3.63, 3.8) is 0 Å². The minimum atomic E-state index is -3.64. The molecule has 0 atom stereocenters. The Bertz CT molecular complexity index is 763. The van der Waals surface area contributed by atoms with Gasteiger partial charge in [-0.25, -0.2) is 21.9 Å². The van der Waals surface area contributed by atoms with Gasteiger partial charge in [0.15, 0.2) is 11.6 Å². The largest absolute Gasteiger partial charge is 0.489 e. The quantitative estimate of drug-likeness (QED) is 0.830. The molecule has 0 saturated carbocycles. The zero-order chi connectivity index (χ0) is 16.2. The molecule has 0 aromatic heterocycles. The topological polar surface area (TPSA) is 55.4 Å². The summed E-state index contributed by atoms with van der Waals surface area (Å²) < 4.78 is 57.5. The summed E-state index contributed by atoms with van der Waals surface area (Å²) in [6.45, 7) is 1.68. The molecule has 0 amide bonds. The van der Waals surface area contributed by atoms with Crippen molar-refractivity contribution in [2.24, 2.45) is 0 Å². The second kappa shape index (κ2) is 6.85. The lowest BCUT2D eigenvalue weighted by Crippen LogP contribution is -2.28. The lowest BCUT2D eigenvalue weighted by molar-refractivity contribution is 0.305. The van der Waals surface area contributed by atoms with E-state index in [0.717, 1.165) is 17.7 Å². The van der Waals surface area contributed by atoms with Crippen LogP contribution in [-0.2, 0) is 10.0 Å². The first-order chi connectivity index (χ1) is 10.4. The van der Waals surface area contributed by atoms with Crippen molar-refractivity contribution >= 4 is 10.0 Å². The normalized spacial score (nSPS) is 11.4. The van der Waals surface area contributed by atoms with Gasteiger partial charge in [-0.05, 0) is 36.8 Å². The first kappa shape index (κ1) is 16.4. The van der Waals surface area contributed by atoms with Crippen molar-refractivity contribution < 1.29 is 21.9 Å². The van der Waals surface area contributed by atoms with Gasteiger partial charge in [0.2, 0.25) is 10.0 Å². The number of benzene rings is 2. The number of halogens is 2. The third-order valence-electron chi connectivity index (χ3n) is 2.85. The van der Waals surface area contributed by atoms with Crippen molar-refractivity contribution in [3.8, 4) is 5.75 Å². The maximum Gasteiger partial charge on any atom is 0.240 e. The maximum atomic E-state index is 13.3. The van der Waals surface area contributed by atoms with Crippen LogP contribution >= 0.6 is 0 Å². The highest BCUT2D eigenvalue weighted by molar-refractivity contribution is 7.89. The third-order valence-corrected chi connectivity index (χ3v) is 4.30. The van der Waals surface area contributed by atoms with E-state index in [2.05, 4.69) is 4.72 Å². The highest BCUT2D eigenvalue weighted by Crippen LogP contribution is 2.17. The molecule has 2 rings (SSSR count). The Hall–Kier alpha value is -1.99. The Kier molecular flexibility index (Phi) is 5.10. The molecule has 2 aromatic rings. The molecular weight excluding hydrogens is 312 g/mol. The molecular formula is C15H15F2NO3S. The summed E-state index contributed by atoms with van der Waals surface area (Å²) in [7, 11) is -3.64. The minimum Gasteiger partial charge on any atom is -0.489 e. The van der Waals surface area contributed by atoms with E-state index in [1.54, 1.807) is 25.1 Å². The van der Waals surface area contributed by atoms with Gasteiger partial charge < -0.3 is 4.74 Å². The number of hydrogen-bond donors (Lipinski definition) is 1. The highest BCUT2D eigenvalue weighted by atomic mass is 32.2. The van der Waals surface area contributed by atoms with Crippen molar-refractivity contribution in [2.45, 2.75) is 11.8 Å². The standard InChI is InChI=1S/C15H15F2NO3S/c1-11-3-2-4-13(9-11)22(19,20)18-7-8-21-15-6-5-12(16)10-14(15)17/h2-6,9-10,18H,7-8H2,1H3. The molecule has 2 aromatic carbocycles. The van der Waals surface area contributed by atoms with Crippen LogP contribution in [0.4, 0.5) is 8.78 Å². The molecule has 0 spiro atoms. The molecule has 7 heteroatoms. The van der Waals surface area contributed by atoms with E-state index in [1.165, 1.54) is 6.07 Å². The first-order valence-corrected chi connectivity index (χ1v) is 8.01. The molecule has 0 heterocycles. The van der Waals surface area contributed by atoms with Crippen molar-refractivity contribution in [1.29, 1.82) is 0 Å². The van der Waals surface area contributed by atoms with Crippen LogP contribution in [0.1, 0.15) is 5.56 Å². The number of sulfonamides is 1. The van der Waals surface area contributed by atoms with Crippen LogP contribution < -0.4 is 9.46 Å². The summed E-state index contributed by atoms with van der Waals surface area (Å²) >= 11 is 0. The fourth-order valence-electron chi connectivity index (χ4n) is 1.80. The summed E-state index contributed by atoms with van der Waals surface area (Å²) in [5.74, 6) is -1.66. The van der Waals surface area contributed by atoms with Gasteiger partial charge in [-0.2, -0.15) is 0 Å². The van der Waals surface area contributed by atoms with E-state index < -0.39 is 21.7 Å². The Labute approximate surface area is 127 Å². The molecule has 0 aliphatic heterocycles. The molecule has 4 nitrogen and oxygen atoms in total. The molecule has 118 valence electrons. The van der Waals surface area contributed by atoms with E-state index in [4.69, 9.17) is 4.74 Å². The molecule has 0 fully saturated rings.